The first kappa shape index (κ1) is 31.3. The van der Waals surface area contributed by atoms with Crippen LogP contribution in [0.2, 0.25) is 5.02 Å². The van der Waals surface area contributed by atoms with Crippen LogP contribution in [0.5, 0.6) is 5.75 Å². The molecule has 0 saturated heterocycles. The van der Waals surface area contributed by atoms with Crippen molar-refractivity contribution in [2.45, 2.75) is 77.0 Å². The topological polar surface area (TPSA) is 84.7 Å². The van der Waals surface area contributed by atoms with E-state index in [1.807, 2.05) is 25.1 Å². The second kappa shape index (κ2) is 15.0. The van der Waals surface area contributed by atoms with Crippen LogP contribution in [0.25, 0.3) is 0 Å². The maximum atomic E-state index is 12.1. The molecule has 0 unspecified atom stereocenters. The van der Waals surface area contributed by atoms with E-state index in [-0.39, 0.29) is 11.3 Å². The van der Waals surface area contributed by atoms with Crippen molar-refractivity contribution < 1.29 is 14.3 Å². The Balaban J connectivity index is 1.45. The number of ether oxygens (including phenoxy) is 1. The Bertz CT molecular complexity index is 1240. The first-order valence-electron chi connectivity index (χ1n) is 15.0. The molecule has 0 aromatic heterocycles. The summed E-state index contributed by atoms with van der Waals surface area (Å²) in [5.74, 6) is 1.96. The quantitative estimate of drug-likeness (QED) is 0.145. The fraction of sp³-hybridized carbons (Fsp3) is 0.515. The minimum Gasteiger partial charge on any atom is -0.490 e. The molecule has 3 N–H and O–H groups in total. The van der Waals surface area contributed by atoms with Crippen molar-refractivity contribution in [3.8, 4) is 5.75 Å². The zero-order valence-corrected chi connectivity index (χ0v) is 26.0. The number of unbranched alkanes of at least 4 members (excludes halogenated alkanes) is 1. The van der Waals surface area contributed by atoms with Gasteiger partial charge in [0.25, 0.3) is 0 Å². The van der Waals surface area contributed by atoms with Gasteiger partial charge in [-0.05, 0) is 92.3 Å². The van der Waals surface area contributed by atoms with Gasteiger partial charge in [-0.15, -0.1) is 0 Å². The molecule has 4 rings (SSSR count). The number of aryl methyl sites for hydroxylation is 1. The molecular formula is C33H44ClN3O3S. The Hall–Kier alpha value is -2.64. The molecule has 2 aromatic rings. The third kappa shape index (κ3) is 8.23. The number of nitrogens with zero attached hydrogens (tertiary/aromatic N) is 1. The number of primary amides is 1. The monoisotopic (exact) mass is 597 g/mol. The molecule has 8 heteroatoms. The van der Waals surface area contributed by atoms with E-state index in [1.54, 1.807) is 6.07 Å². The molecule has 2 atom stereocenters. The Kier molecular flexibility index (Phi) is 11.5. The highest BCUT2D eigenvalue weighted by atomic mass is 35.5. The molecule has 2 amide bonds. The Morgan fingerprint density at radius 1 is 1.22 bits per heavy atom. The summed E-state index contributed by atoms with van der Waals surface area (Å²) in [6.45, 7) is 6.43. The van der Waals surface area contributed by atoms with Gasteiger partial charge in [-0.3, -0.25) is 9.59 Å². The molecule has 222 valence electrons. The second-order valence-electron chi connectivity index (χ2n) is 11.3. The predicted molar refractivity (Wildman–Crippen MR) is 171 cm³/mol. The summed E-state index contributed by atoms with van der Waals surface area (Å²) in [6.07, 6.45) is 13.6. The molecule has 1 aliphatic heterocycles. The Labute approximate surface area is 254 Å². The number of allylic oxidation sites excluding steroid dienone is 2. The lowest BCUT2D eigenvalue weighted by atomic mass is 9.70. The number of hydrogen-bond donors (Lipinski definition) is 2. The van der Waals surface area contributed by atoms with E-state index in [9.17, 15) is 9.59 Å². The van der Waals surface area contributed by atoms with Gasteiger partial charge in [0.15, 0.2) is 0 Å². The number of hydrogen-bond acceptors (Lipinski definition) is 5. The average molecular weight is 598 g/mol. The summed E-state index contributed by atoms with van der Waals surface area (Å²) >= 11 is 7.88. The van der Waals surface area contributed by atoms with Gasteiger partial charge in [-0.1, -0.05) is 62.0 Å². The van der Waals surface area contributed by atoms with Crippen molar-refractivity contribution in [1.29, 1.82) is 0 Å². The van der Waals surface area contributed by atoms with Gasteiger partial charge >= 0.3 is 0 Å². The van der Waals surface area contributed by atoms with Crippen LogP contribution in [0.15, 0.2) is 48.6 Å². The Morgan fingerprint density at radius 3 is 2.85 bits per heavy atom. The molecule has 2 aliphatic rings. The summed E-state index contributed by atoms with van der Waals surface area (Å²) in [5.41, 5.74) is 9.65. The van der Waals surface area contributed by atoms with E-state index in [0.29, 0.717) is 24.5 Å². The fourth-order valence-electron chi connectivity index (χ4n) is 6.01. The van der Waals surface area contributed by atoms with Crippen LogP contribution in [-0.2, 0) is 16.6 Å². The third-order valence-corrected chi connectivity index (χ3v) is 9.57. The fourth-order valence-corrected chi connectivity index (χ4v) is 6.93. The maximum Gasteiger partial charge on any atom is 0.248 e. The highest BCUT2D eigenvalue weighted by Crippen LogP contribution is 2.44. The van der Waals surface area contributed by atoms with Gasteiger partial charge in [0.2, 0.25) is 11.8 Å². The Morgan fingerprint density at radius 2 is 2.07 bits per heavy atom. The molecule has 0 bridgehead atoms. The summed E-state index contributed by atoms with van der Waals surface area (Å²) in [7, 11) is 0. The van der Waals surface area contributed by atoms with E-state index >= 15 is 0 Å². The number of nitrogens with one attached hydrogen (secondary N) is 1. The van der Waals surface area contributed by atoms with Crippen LogP contribution >= 0.6 is 23.5 Å². The van der Waals surface area contributed by atoms with Crippen LogP contribution < -0.4 is 20.1 Å². The van der Waals surface area contributed by atoms with Gasteiger partial charge in [-0.2, -0.15) is 0 Å². The van der Waals surface area contributed by atoms with Crippen molar-refractivity contribution >= 4 is 41.1 Å². The van der Waals surface area contributed by atoms with Crippen LogP contribution in [0.3, 0.4) is 0 Å². The molecule has 0 radical (unpaired) electrons. The van der Waals surface area contributed by atoms with E-state index in [1.165, 1.54) is 23.1 Å². The van der Waals surface area contributed by atoms with Crippen molar-refractivity contribution in [2.24, 2.45) is 11.7 Å². The number of amides is 2. The second-order valence-corrected chi connectivity index (χ2v) is 12.7. The van der Waals surface area contributed by atoms with E-state index in [2.05, 4.69) is 40.8 Å². The minimum absolute atomic E-state index is 0.0868. The summed E-state index contributed by atoms with van der Waals surface area (Å²) < 4.78 is 9.36. The smallest absolute Gasteiger partial charge is 0.248 e. The molecule has 1 aliphatic carbocycles. The SMILES string of the molecule is CCC(=O)NSCCC/C=C/C[C@H](CC)CCN1C[C@@]2(CCCc3cc(Cl)ccc32)COc2ccc(C(N)=O)cc21. The van der Waals surface area contributed by atoms with Gasteiger partial charge in [0.1, 0.15) is 5.75 Å². The first-order chi connectivity index (χ1) is 19.8. The number of nitrogens with two attached hydrogens (primary N) is 1. The molecule has 6 nitrogen and oxygen atoms in total. The number of anilines is 1. The van der Waals surface area contributed by atoms with Crippen LogP contribution in [0, 0.1) is 5.92 Å². The summed E-state index contributed by atoms with van der Waals surface area (Å²) in [4.78, 5) is 25.9. The first-order valence-corrected chi connectivity index (χ1v) is 16.4. The molecule has 2 aromatic carbocycles. The van der Waals surface area contributed by atoms with Crippen molar-refractivity contribution in [1.82, 2.24) is 4.72 Å². The van der Waals surface area contributed by atoms with Crippen molar-refractivity contribution in [3.05, 3.63) is 70.3 Å². The predicted octanol–water partition coefficient (Wildman–Crippen LogP) is 7.23. The molecule has 0 saturated carbocycles. The lowest BCUT2D eigenvalue weighted by Gasteiger charge is -2.41. The summed E-state index contributed by atoms with van der Waals surface area (Å²) in [6, 6.07) is 11.9. The lowest BCUT2D eigenvalue weighted by molar-refractivity contribution is -0.118. The highest BCUT2D eigenvalue weighted by Gasteiger charge is 2.41. The molecule has 1 spiro atoms. The average Bonchev–Trinajstić information content (AvgIpc) is 3.12. The van der Waals surface area contributed by atoms with Crippen LogP contribution in [0.1, 0.15) is 86.7 Å². The number of carbonyl (C=O) groups excluding carboxylic acids is 2. The van der Waals surface area contributed by atoms with Crippen LogP contribution in [-0.4, -0.2) is 37.3 Å². The third-order valence-electron chi connectivity index (χ3n) is 8.47. The van der Waals surface area contributed by atoms with Gasteiger partial charge < -0.3 is 20.1 Å². The molecular weight excluding hydrogens is 554 g/mol. The van der Waals surface area contributed by atoms with E-state index in [4.69, 9.17) is 22.1 Å². The minimum atomic E-state index is -0.424. The van der Waals surface area contributed by atoms with E-state index in [0.717, 1.165) is 86.7 Å². The van der Waals surface area contributed by atoms with Gasteiger partial charge in [0, 0.05) is 41.3 Å². The number of benzene rings is 2. The van der Waals surface area contributed by atoms with Crippen LogP contribution in [0.4, 0.5) is 5.69 Å². The zero-order valence-electron chi connectivity index (χ0n) is 24.4. The van der Waals surface area contributed by atoms with Crippen molar-refractivity contribution in [3.63, 3.8) is 0 Å². The maximum absolute atomic E-state index is 12.1. The van der Waals surface area contributed by atoms with Gasteiger partial charge in [0.05, 0.1) is 12.3 Å². The number of rotatable bonds is 13. The molecule has 0 fully saturated rings. The number of fused-ring (bicyclic) bond motifs is 3. The summed E-state index contributed by atoms with van der Waals surface area (Å²) in [5, 5.41) is 0.780. The largest absolute Gasteiger partial charge is 0.490 e. The molecule has 41 heavy (non-hydrogen) atoms. The zero-order chi connectivity index (χ0) is 29.2. The molecule has 1 heterocycles. The lowest BCUT2D eigenvalue weighted by Crippen LogP contribution is -2.46. The highest BCUT2D eigenvalue weighted by molar-refractivity contribution is 7.97. The van der Waals surface area contributed by atoms with E-state index < -0.39 is 5.91 Å². The van der Waals surface area contributed by atoms with Crippen molar-refractivity contribution in [2.75, 3.05) is 30.3 Å². The normalized spacial score (nSPS) is 18.9. The standard InChI is InChI=1S/C33H44ClN3O3S/c1-3-24(10-7-5-6-8-19-41-36-31(38)4-2)16-18-37-22-33(17-9-11-25-20-27(34)13-14-28(25)33)23-40-30-15-12-26(32(35)39)21-29(30)37/h5,7,12-15,20-21,24H,3-4,6,8-11,16-19,22-23H2,1-2H3,(H2,35,39)(H,36,38)/b7-5+/t24-,33-/m0/s1. The van der Waals surface area contributed by atoms with Gasteiger partial charge in [-0.25, -0.2) is 0 Å². The number of carbonyl (C=O) groups is 2. The number of halogens is 1.